The van der Waals surface area contributed by atoms with E-state index in [0.29, 0.717) is 23.6 Å². The van der Waals surface area contributed by atoms with Crippen molar-refractivity contribution in [2.24, 2.45) is 0 Å². The van der Waals surface area contributed by atoms with Gasteiger partial charge in [0, 0.05) is 4.47 Å². The number of carbonyl (C=O) groups excluding carboxylic acids is 1. The minimum Gasteiger partial charge on any atom is -0.480 e. The van der Waals surface area contributed by atoms with Crippen LogP contribution in [-0.2, 0) is 4.79 Å². The van der Waals surface area contributed by atoms with Gasteiger partial charge in [0.1, 0.15) is 6.04 Å². The molecule has 0 aliphatic carbocycles. The SMILES string of the molecule is CCC[C@H](NC(=O)Nc1cc(Br)ccc1Cl)C(=O)O. The molecule has 1 atom stereocenters. The highest BCUT2D eigenvalue weighted by molar-refractivity contribution is 9.10. The van der Waals surface area contributed by atoms with Crippen molar-refractivity contribution in [1.82, 2.24) is 5.32 Å². The Morgan fingerprint density at radius 3 is 2.74 bits per heavy atom. The van der Waals surface area contributed by atoms with Gasteiger partial charge in [0.15, 0.2) is 0 Å². The molecule has 1 aromatic rings. The van der Waals surface area contributed by atoms with Gasteiger partial charge in [0.2, 0.25) is 0 Å². The highest BCUT2D eigenvalue weighted by atomic mass is 79.9. The van der Waals surface area contributed by atoms with Gasteiger partial charge in [0.05, 0.1) is 10.7 Å². The lowest BCUT2D eigenvalue weighted by atomic mass is 10.2. The Balaban J connectivity index is 2.68. The average Bonchev–Trinajstić information content (AvgIpc) is 2.33. The molecule has 5 nitrogen and oxygen atoms in total. The molecular weight excluding hydrogens is 336 g/mol. The topological polar surface area (TPSA) is 78.4 Å². The molecule has 3 N–H and O–H groups in total. The van der Waals surface area contributed by atoms with E-state index in [1.165, 1.54) is 0 Å². The third-order valence-electron chi connectivity index (χ3n) is 2.36. The van der Waals surface area contributed by atoms with Crippen LogP contribution in [0.3, 0.4) is 0 Å². The number of amides is 2. The molecule has 19 heavy (non-hydrogen) atoms. The van der Waals surface area contributed by atoms with E-state index in [1.54, 1.807) is 18.2 Å². The Hall–Kier alpha value is -1.27. The summed E-state index contributed by atoms with van der Waals surface area (Å²) in [6, 6.07) is 3.50. The number of aliphatic carboxylic acids is 1. The van der Waals surface area contributed by atoms with E-state index in [9.17, 15) is 9.59 Å². The third-order valence-corrected chi connectivity index (χ3v) is 3.18. The number of anilines is 1. The zero-order chi connectivity index (χ0) is 14.4. The predicted molar refractivity (Wildman–Crippen MR) is 77.6 cm³/mol. The van der Waals surface area contributed by atoms with Crippen LogP contribution < -0.4 is 10.6 Å². The van der Waals surface area contributed by atoms with E-state index >= 15 is 0 Å². The van der Waals surface area contributed by atoms with Crippen molar-refractivity contribution in [3.05, 3.63) is 27.7 Å². The highest BCUT2D eigenvalue weighted by Gasteiger charge is 2.19. The number of carboxylic acid groups (broad SMARTS) is 1. The van der Waals surface area contributed by atoms with E-state index in [1.807, 2.05) is 6.92 Å². The molecule has 2 amide bonds. The van der Waals surface area contributed by atoms with E-state index in [4.69, 9.17) is 16.7 Å². The number of rotatable bonds is 5. The Morgan fingerprint density at radius 1 is 1.47 bits per heavy atom. The molecule has 0 spiro atoms. The molecule has 0 aliphatic rings. The Bertz CT molecular complexity index is 482. The minimum atomic E-state index is -1.06. The van der Waals surface area contributed by atoms with Crippen LogP contribution in [0.4, 0.5) is 10.5 Å². The summed E-state index contributed by atoms with van der Waals surface area (Å²) >= 11 is 9.18. The molecule has 0 unspecified atom stereocenters. The van der Waals surface area contributed by atoms with Gasteiger partial charge in [-0.2, -0.15) is 0 Å². The summed E-state index contributed by atoms with van der Waals surface area (Å²) in [6.07, 6.45) is 1.03. The molecule has 0 saturated heterocycles. The molecule has 1 rings (SSSR count). The molecule has 0 aliphatic heterocycles. The number of nitrogens with one attached hydrogen (secondary N) is 2. The summed E-state index contributed by atoms with van der Waals surface area (Å²) in [5.41, 5.74) is 0.411. The second-order valence-electron chi connectivity index (χ2n) is 3.90. The van der Waals surface area contributed by atoms with E-state index in [2.05, 4.69) is 26.6 Å². The summed E-state index contributed by atoms with van der Waals surface area (Å²) < 4.78 is 0.760. The molecule has 1 aromatic carbocycles. The van der Waals surface area contributed by atoms with Gasteiger partial charge in [0.25, 0.3) is 0 Å². The Morgan fingerprint density at radius 2 is 2.16 bits per heavy atom. The molecular formula is C12H14BrClN2O3. The smallest absolute Gasteiger partial charge is 0.326 e. The quantitative estimate of drug-likeness (QED) is 0.761. The maximum Gasteiger partial charge on any atom is 0.326 e. The summed E-state index contributed by atoms with van der Waals surface area (Å²) in [6.45, 7) is 1.85. The summed E-state index contributed by atoms with van der Waals surface area (Å²) in [5, 5.41) is 14.2. The fourth-order valence-corrected chi connectivity index (χ4v) is 1.98. The number of halogens is 2. The van der Waals surface area contributed by atoms with Gasteiger partial charge < -0.3 is 15.7 Å². The van der Waals surface area contributed by atoms with Gasteiger partial charge in [-0.15, -0.1) is 0 Å². The molecule has 0 saturated carbocycles. The second kappa shape index (κ2) is 7.35. The van der Waals surface area contributed by atoms with Crippen LogP contribution >= 0.6 is 27.5 Å². The van der Waals surface area contributed by atoms with Crippen molar-refractivity contribution < 1.29 is 14.7 Å². The molecule has 0 radical (unpaired) electrons. The third kappa shape index (κ3) is 5.08. The lowest BCUT2D eigenvalue weighted by molar-refractivity contribution is -0.139. The van der Waals surface area contributed by atoms with Crippen molar-refractivity contribution in [3.8, 4) is 0 Å². The summed E-state index contributed by atoms with van der Waals surface area (Å²) in [7, 11) is 0. The van der Waals surface area contributed by atoms with Crippen molar-refractivity contribution in [1.29, 1.82) is 0 Å². The van der Waals surface area contributed by atoms with Gasteiger partial charge in [-0.05, 0) is 24.6 Å². The monoisotopic (exact) mass is 348 g/mol. The van der Waals surface area contributed by atoms with E-state index in [0.717, 1.165) is 4.47 Å². The largest absolute Gasteiger partial charge is 0.480 e. The first kappa shape index (κ1) is 15.8. The van der Waals surface area contributed by atoms with Gasteiger partial charge in [-0.1, -0.05) is 40.9 Å². The number of urea groups is 1. The predicted octanol–water partition coefficient (Wildman–Crippen LogP) is 3.48. The lowest BCUT2D eigenvalue weighted by Gasteiger charge is -2.15. The summed E-state index contributed by atoms with van der Waals surface area (Å²) in [4.78, 5) is 22.6. The van der Waals surface area contributed by atoms with Crippen molar-refractivity contribution in [2.45, 2.75) is 25.8 Å². The van der Waals surface area contributed by atoms with Crippen LogP contribution in [0.1, 0.15) is 19.8 Å². The van der Waals surface area contributed by atoms with Crippen LogP contribution in [0, 0.1) is 0 Å². The molecule has 0 aromatic heterocycles. The van der Waals surface area contributed by atoms with Crippen molar-refractivity contribution >= 4 is 45.2 Å². The van der Waals surface area contributed by atoms with Crippen LogP contribution in [0.25, 0.3) is 0 Å². The Labute approximate surface area is 124 Å². The zero-order valence-corrected chi connectivity index (χ0v) is 12.6. The number of carbonyl (C=O) groups is 2. The number of hydrogen-bond donors (Lipinski definition) is 3. The fourth-order valence-electron chi connectivity index (χ4n) is 1.46. The molecule has 0 bridgehead atoms. The first-order valence-corrected chi connectivity index (χ1v) is 6.86. The zero-order valence-electron chi connectivity index (χ0n) is 10.2. The van der Waals surface area contributed by atoms with Gasteiger partial charge >= 0.3 is 12.0 Å². The first-order chi connectivity index (χ1) is 8.93. The van der Waals surface area contributed by atoms with Crippen LogP contribution in [0.15, 0.2) is 22.7 Å². The van der Waals surface area contributed by atoms with Crippen molar-refractivity contribution in [2.75, 3.05) is 5.32 Å². The van der Waals surface area contributed by atoms with Crippen LogP contribution in [0.5, 0.6) is 0 Å². The van der Waals surface area contributed by atoms with Gasteiger partial charge in [-0.3, -0.25) is 0 Å². The Kier molecular flexibility index (Phi) is 6.11. The fraction of sp³-hybridized carbons (Fsp3) is 0.333. The maximum absolute atomic E-state index is 11.7. The van der Waals surface area contributed by atoms with E-state index in [-0.39, 0.29) is 0 Å². The van der Waals surface area contributed by atoms with Crippen LogP contribution in [-0.4, -0.2) is 23.1 Å². The average molecular weight is 350 g/mol. The van der Waals surface area contributed by atoms with Crippen LogP contribution in [0.2, 0.25) is 5.02 Å². The first-order valence-electron chi connectivity index (χ1n) is 5.69. The normalized spacial score (nSPS) is 11.7. The highest BCUT2D eigenvalue weighted by Crippen LogP contribution is 2.25. The minimum absolute atomic E-state index is 0.370. The lowest BCUT2D eigenvalue weighted by Crippen LogP contribution is -2.42. The molecule has 0 heterocycles. The van der Waals surface area contributed by atoms with E-state index < -0.39 is 18.0 Å². The van der Waals surface area contributed by atoms with Gasteiger partial charge in [-0.25, -0.2) is 9.59 Å². The van der Waals surface area contributed by atoms with Crippen molar-refractivity contribution in [3.63, 3.8) is 0 Å². The number of hydrogen-bond acceptors (Lipinski definition) is 2. The number of carboxylic acids is 1. The molecule has 104 valence electrons. The molecule has 0 fully saturated rings. The second-order valence-corrected chi connectivity index (χ2v) is 5.23. The molecule has 7 heteroatoms. The standard InChI is InChI=1S/C12H14BrClN2O3/c1-2-3-9(11(17)18)15-12(19)16-10-6-7(13)4-5-8(10)14/h4-6,9H,2-3H2,1H3,(H,17,18)(H2,15,16,19)/t9-/m0/s1. The maximum atomic E-state index is 11.7. The number of benzene rings is 1. The summed E-state index contributed by atoms with van der Waals surface area (Å²) in [5.74, 6) is -1.06.